The molecule has 0 aliphatic carbocycles. The molecule has 0 aromatic heterocycles. The third-order valence-electron chi connectivity index (χ3n) is 3.27. The Balaban J connectivity index is 2.79. The summed E-state index contributed by atoms with van der Waals surface area (Å²) in [5.41, 5.74) is -0.788. The van der Waals surface area contributed by atoms with Crippen LogP contribution in [0.25, 0.3) is 0 Å². The molecule has 0 saturated carbocycles. The van der Waals surface area contributed by atoms with E-state index in [9.17, 15) is 17.6 Å². The number of hydrogen-bond donors (Lipinski definition) is 1. The second-order valence-electron chi connectivity index (χ2n) is 5.81. The number of halogens is 4. The summed E-state index contributed by atoms with van der Waals surface area (Å²) in [6.45, 7) is 5.16. The van der Waals surface area contributed by atoms with Gasteiger partial charge >= 0.3 is 6.18 Å². The van der Waals surface area contributed by atoms with Crippen molar-refractivity contribution in [2.75, 3.05) is 20.6 Å². The third kappa shape index (κ3) is 5.63. The number of alkyl halides is 3. The molecule has 0 bridgehead atoms. The Morgan fingerprint density at radius 2 is 1.81 bits per heavy atom. The van der Waals surface area contributed by atoms with Crippen LogP contribution < -0.4 is 5.32 Å². The van der Waals surface area contributed by atoms with Gasteiger partial charge in [-0.15, -0.1) is 0 Å². The maximum Gasteiger partial charge on any atom is 0.419 e. The van der Waals surface area contributed by atoms with Gasteiger partial charge in [0.15, 0.2) is 0 Å². The first kappa shape index (κ1) is 17.9. The molecule has 1 aromatic carbocycles. The normalized spacial score (nSPS) is 14.0. The van der Waals surface area contributed by atoms with Gasteiger partial charge in [0.2, 0.25) is 0 Å². The Morgan fingerprint density at radius 1 is 1.19 bits per heavy atom. The van der Waals surface area contributed by atoms with Gasteiger partial charge in [-0.25, -0.2) is 4.39 Å². The molecule has 120 valence electrons. The maximum atomic E-state index is 13.2. The highest BCUT2D eigenvalue weighted by Gasteiger charge is 2.34. The van der Waals surface area contributed by atoms with Crippen LogP contribution >= 0.6 is 0 Å². The summed E-state index contributed by atoms with van der Waals surface area (Å²) in [6, 6.07) is 3.27. The average Bonchev–Trinajstić information content (AvgIpc) is 2.33. The number of hydrogen-bond acceptors (Lipinski definition) is 2. The lowest BCUT2D eigenvalue weighted by molar-refractivity contribution is -0.140. The number of benzene rings is 1. The topological polar surface area (TPSA) is 15.3 Å². The van der Waals surface area contributed by atoms with Gasteiger partial charge in [-0.3, -0.25) is 0 Å². The fourth-order valence-electron chi connectivity index (χ4n) is 2.05. The molecular formula is C15H22F4N2. The standard InChI is InChI=1S/C15H22F4N2/c1-10(2)14(9-21(3)4)20-8-11-5-6-13(16)12(7-11)15(17,18)19/h5-7,10,14,20H,8-9H2,1-4H3. The van der Waals surface area contributed by atoms with Crippen LogP contribution in [0.5, 0.6) is 0 Å². The van der Waals surface area contributed by atoms with Crippen LogP contribution in [0.2, 0.25) is 0 Å². The minimum Gasteiger partial charge on any atom is -0.308 e. The molecular weight excluding hydrogens is 284 g/mol. The van der Waals surface area contributed by atoms with E-state index in [1.165, 1.54) is 6.07 Å². The Bertz CT molecular complexity index is 455. The molecule has 0 spiro atoms. The van der Waals surface area contributed by atoms with Crippen molar-refractivity contribution < 1.29 is 17.6 Å². The van der Waals surface area contributed by atoms with Crippen LogP contribution in [-0.4, -0.2) is 31.6 Å². The predicted molar refractivity (Wildman–Crippen MR) is 75.4 cm³/mol. The quantitative estimate of drug-likeness (QED) is 0.809. The fourth-order valence-corrected chi connectivity index (χ4v) is 2.05. The van der Waals surface area contributed by atoms with Gasteiger partial charge in [-0.1, -0.05) is 19.9 Å². The number of nitrogens with zero attached hydrogens (tertiary/aromatic N) is 1. The highest BCUT2D eigenvalue weighted by atomic mass is 19.4. The average molecular weight is 306 g/mol. The monoisotopic (exact) mass is 306 g/mol. The van der Waals surface area contributed by atoms with Crippen molar-refractivity contribution in [3.63, 3.8) is 0 Å². The Morgan fingerprint density at radius 3 is 2.29 bits per heavy atom. The molecule has 1 unspecified atom stereocenters. The lowest BCUT2D eigenvalue weighted by Crippen LogP contribution is -2.41. The zero-order valence-corrected chi connectivity index (χ0v) is 12.8. The Hall–Kier alpha value is -1.14. The van der Waals surface area contributed by atoms with Crippen molar-refractivity contribution in [3.8, 4) is 0 Å². The van der Waals surface area contributed by atoms with E-state index >= 15 is 0 Å². The molecule has 0 amide bonds. The molecule has 0 aliphatic rings. The highest BCUT2D eigenvalue weighted by molar-refractivity contribution is 5.27. The first-order valence-corrected chi connectivity index (χ1v) is 6.85. The van der Waals surface area contributed by atoms with Crippen LogP contribution in [-0.2, 0) is 12.7 Å². The first-order valence-electron chi connectivity index (χ1n) is 6.85. The van der Waals surface area contributed by atoms with Crippen LogP contribution in [0, 0.1) is 11.7 Å². The van der Waals surface area contributed by atoms with E-state index in [4.69, 9.17) is 0 Å². The van der Waals surface area contributed by atoms with E-state index in [-0.39, 0.29) is 12.6 Å². The van der Waals surface area contributed by atoms with Crippen molar-refractivity contribution in [1.82, 2.24) is 10.2 Å². The molecule has 1 N–H and O–H groups in total. The third-order valence-corrected chi connectivity index (χ3v) is 3.27. The number of likely N-dealkylation sites (N-methyl/N-ethyl adjacent to an activating group) is 1. The van der Waals surface area contributed by atoms with Crippen LogP contribution in [0.15, 0.2) is 18.2 Å². The second-order valence-corrected chi connectivity index (χ2v) is 5.81. The van der Waals surface area contributed by atoms with E-state index in [0.717, 1.165) is 18.7 Å². The minimum atomic E-state index is -4.67. The van der Waals surface area contributed by atoms with Crippen LogP contribution in [0.4, 0.5) is 17.6 Å². The molecule has 2 nitrogen and oxygen atoms in total. The summed E-state index contributed by atoms with van der Waals surface area (Å²) in [5.74, 6) is -0.894. The predicted octanol–water partition coefficient (Wildman–Crippen LogP) is 3.52. The van der Waals surface area contributed by atoms with E-state index in [2.05, 4.69) is 5.32 Å². The molecule has 1 rings (SSSR count). The highest BCUT2D eigenvalue weighted by Crippen LogP contribution is 2.31. The van der Waals surface area contributed by atoms with Crippen molar-refractivity contribution in [3.05, 3.63) is 35.1 Å². The van der Waals surface area contributed by atoms with Crippen LogP contribution in [0.3, 0.4) is 0 Å². The molecule has 21 heavy (non-hydrogen) atoms. The van der Waals surface area contributed by atoms with Gasteiger partial charge in [0, 0.05) is 19.1 Å². The van der Waals surface area contributed by atoms with Gasteiger partial charge in [-0.2, -0.15) is 13.2 Å². The van der Waals surface area contributed by atoms with Gasteiger partial charge in [0.1, 0.15) is 5.82 Å². The molecule has 0 heterocycles. The molecule has 0 aliphatic heterocycles. The van der Waals surface area contributed by atoms with Crippen molar-refractivity contribution in [2.24, 2.45) is 5.92 Å². The summed E-state index contributed by atoms with van der Waals surface area (Å²) in [7, 11) is 3.88. The number of nitrogens with one attached hydrogen (secondary N) is 1. The van der Waals surface area contributed by atoms with Crippen LogP contribution in [0.1, 0.15) is 25.0 Å². The Labute approximate surface area is 123 Å². The molecule has 1 atom stereocenters. The fraction of sp³-hybridized carbons (Fsp3) is 0.600. The summed E-state index contributed by atoms with van der Waals surface area (Å²) in [4.78, 5) is 2.02. The van der Waals surface area contributed by atoms with Crippen molar-refractivity contribution in [1.29, 1.82) is 0 Å². The SMILES string of the molecule is CC(C)C(CN(C)C)NCc1ccc(F)c(C(F)(F)F)c1. The van der Waals surface area contributed by atoms with Gasteiger partial charge in [-0.05, 0) is 37.7 Å². The van der Waals surface area contributed by atoms with Gasteiger partial charge < -0.3 is 10.2 Å². The zero-order valence-electron chi connectivity index (χ0n) is 12.8. The zero-order chi connectivity index (χ0) is 16.2. The minimum absolute atomic E-state index is 0.152. The summed E-state index contributed by atoms with van der Waals surface area (Å²) >= 11 is 0. The molecule has 0 fully saturated rings. The van der Waals surface area contributed by atoms with Gasteiger partial charge in [0.25, 0.3) is 0 Å². The lowest BCUT2D eigenvalue weighted by atomic mass is 10.0. The molecule has 1 aromatic rings. The summed E-state index contributed by atoms with van der Waals surface area (Å²) in [6.07, 6.45) is -4.67. The van der Waals surface area contributed by atoms with E-state index < -0.39 is 17.6 Å². The molecule has 0 radical (unpaired) electrons. The van der Waals surface area contributed by atoms with Crippen molar-refractivity contribution in [2.45, 2.75) is 32.6 Å². The summed E-state index contributed by atoms with van der Waals surface area (Å²) < 4.78 is 51.2. The Kier molecular flexibility index (Phi) is 6.16. The first-order chi connectivity index (χ1) is 9.61. The van der Waals surface area contributed by atoms with Crippen molar-refractivity contribution >= 4 is 0 Å². The summed E-state index contributed by atoms with van der Waals surface area (Å²) in [5, 5.41) is 3.23. The largest absolute Gasteiger partial charge is 0.419 e. The second kappa shape index (κ2) is 7.22. The molecule has 6 heteroatoms. The molecule has 0 saturated heterocycles. The maximum absolute atomic E-state index is 13.2. The smallest absolute Gasteiger partial charge is 0.308 e. The van der Waals surface area contributed by atoms with E-state index in [1.807, 2.05) is 32.8 Å². The van der Waals surface area contributed by atoms with E-state index in [0.29, 0.717) is 11.5 Å². The number of rotatable bonds is 6. The van der Waals surface area contributed by atoms with Gasteiger partial charge in [0.05, 0.1) is 5.56 Å². The lowest BCUT2D eigenvalue weighted by Gasteiger charge is -2.26. The van der Waals surface area contributed by atoms with E-state index in [1.54, 1.807) is 0 Å².